The summed E-state index contributed by atoms with van der Waals surface area (Å²) in [4.78, 5) is 24.9. The number of hydrogen-bond acceptors (Lipinski definition) is 5. The topological polar surface area (TPSA) is 105 Å². The SMILES string of the molecule is CCCC1(CNc2cc(C(=O)O)c([N+](=O)[O-])cn2)CC1. The third-order valence-corrected chi connectivity index (χ3v) is 3.69. The van der Waals surface area contributed by atoms with Gasteiger partial charge in [-0.3, -0.25) is 10.1 Å². The van der Waals surface area contributed by atoms with E-state index in [9.17, 15) is 14.9 Å². The van der Waals surface area contributed by atoms with Gasteiger partial charge < -0.3 is 10.4 Å². The lowest BCUT2D eigenvalue weighted by molar-refractivity contribution is -0.385. The predicted molar refractivity (Wildman–Crippen MR) is 72.9 cm³/mol. The van der Waals surface area contributed by atoms with Crippen LogP contribution >= 0.6 is 0 Å². The highest BCUT2D eigenvalue weighted by Gasteiger charge is 2.41. The number of anilines is 1. The Labute approximate surface area is 116 Å². The Morgan fingerprint density at radius 1 is 1.60 bits per heavy atom. The molecule has 108 valence electrons. The van der Waals surface area contributed by atoms with E-state index in [0.29, 0.717) is 11.2 Å². The summed E-state index contributed by atoms with van der Waals surface area (Å²) in [5, 5.41) is 22.8. The third-order valence-electron chi connectivity index (χ3n) is 3.69. The number of nitrogens with one attached hydrogen (secondary N) is 1. The second kappa shape index (κ2) is 5.44. The molecule has 1 aliphatic rings. The largest absolute Gasteiger partial charge is 0.477 e. The summed E-state index contributed by atoms with van der Waals surface area (Å²) in [5.41, 5.74) is -0.535. The average Bonchev–Trinajstić information content (AvgIpc) is 3.16. The maximum atomic E-state index is 11.0. The van der Waals surface area contributed by atoms with Gasteiger partial charge in [-0.15, -0.1) is 0 Å². The van der Waals surface area contributed by atoms with Gasteiger partial charge in [-0.1, -0.05) is 13.3 Å². The van der Waals surface area contributed by atoms with Crippen molar-refractivity contribution in [1.29, 1.82) is 0 Å². The molecule has 20 heavy (non-hydrogen) atoms. The van der Waals surface area contributed by atoms with Gasteiger partial charge in [0.1, 0.15) is 17.6 Å². The standard InChI is InChI=1S/C13H17N3O4/c1-2-3-13(4-5-13)8-15-11-6-9(12(17)18)10(7-14-11)16(19)20/h6-7H,2-5,8H2,1H3,(H,14,15)(H,17,18). The quantitative estimate of drug-likeness (QED) is 0.587. The predicted octanol–water partition coefficient (Wildman–Crippen LogP) is 2.68. The first-order valence-electron chi connectivity index (χ1n) is 6.59. The fourth-order valence-electron chi connectivity index (χ4n) is 2.36. The lowest BCUT2D eigenvalue weighted by Crippen LogP contribution is -2.16. The van der Waals surface area contributed by atoms with Crippen molar-refractivity contribution in [2.24, 2.45) is 5.41 Å². The first-order valence-corrected chi connectivity index (χ1v) is 6.59. The second-order valence-corrected chi connectivity index (χ2v) is 5.25. The Kier molecular flexibility index (Phi) is 3.87. The molecule has 0 bridgehead atoms. The van der Waals surface area contributed by atoms with Crippen molar-refractivity contribution in [2.45, 2.75) is 32.6 Å². The molecule has 2 rings (SSSR count). The molecule has 1 aliphatic carbocycles. The molecule has 0 aliphatic heterocycles. The van der Waals surface area contributed by atoms with E-state index >= 15 is 0 Å². The molecule has 0 radical (unpaired) electrons. The van der Waals surface area contributed by atoms with E-state index < -0.39 is 16.6 Å². The molecule has 1 fully saturated rings. The number of hydrogen-bond donors (Lipinski definition) is 2. The molecule has 0 amide bonds. The Bertz CT molecular complexity index is 540. The van der Waals surface area contributed by atoms with Crippen molar-refractivity contribution in [1.82, 2.24) is 4.98 Å². The highest BCUT2D eigenvalue weighted by molar-refractivity contribution is 5.93. The van der Waals surface area contributed by atoms with Crippen LogP contribution in [0.3, 0.4) is 0 Å². The van der Waals surface area contributed by atoms with E-state index in [1.165, 1.54) is 6.07 Å². The highest BCUT2D eigenvalue weighted by atomic mass is 16.6. The number of carboxylic acid groups (broad SMARTS) is 1. The lowest BCUT2D eigenvalue weighted by atomic mass is 10.0. The van der Waals surface area contributed by atoms with Gasteiger partial charge in [-0.2, -0.15) is 0 Å². The van der Waals surface area contributed by atoms with Crippen LogP contribution in [0.4, 0.5) is 11.5 Å². The Morgan fingerprint density at radius 2 is 2.30 bits per heavy atom. The number of aromatic carboxylic acids is 1. The molecule has 7 nitrogen and oxygen atoms in total. The van der Waals surface area contributed by atoms with Crippen LogP contribution in [0, 0.1) is 15.5 Å². The summed E-state index contributed by atoms with van der Waals surface area (Å²) in [5.74, 6) is -0.952. The number of carboxylic acids is 1. The van der Waals surface area contributed by atoms with Crippen molar-refractivity contribution < 1.29 is 14.8 Å². The molecule has 1 saturated carbocycles. The van der Waals surface area contributed by atoms with E-state index in [0.717, 1.165) is 38.4 Å². The summed E-state index contributed by atoms with van der Waals surface area (Å²) in [6.45, 7) is 2.86. The highest BCUT2D eigenvalue weighted by Crippen LogP contribution is 2.49. The van der Waals surface area contributed by atoms with E-state index in [4.69, 9.17) is 5.11 Å². The van der Waals surface area contributed by atoms with Crippen LogP contribution in [0.25, 0.3) is 0 Å². The van der Waals surface area contributed by atoms with Crippen LogP contribution in [-0.4, -0.2) is 27.5 Å². The summed E-state index contributed by atoms with van der Waals surface area (Å²) < 4.78 is 0. The second-order valence-electron chi connectivity index (χ2n) is 5.25. The van der Waals surface area contributed by atoms with Crippen LogP contribution in [0.5, 0.6) is 0 Å². The fourth-order valence-corrected chi connectivity index (χ4v) is 2.36. The summed E-state index contributed by atoms with van der Waals surface area (Å²) in [6, 6.07) is 1.22. The third kappa shape index (κ3) is 3.04. The molecule has 0 unspecified atom stereocenters. The Balaban J connectivity index is 2.11. The van der Waals surface area contributed by atoms with Crippen molar-refractivity contribution in [3.05, 3.63) is 27.9 Å². The first kappa shape index (κ1) is 14.2. The zero-order valence-corrected chi connectivity index (χ0v) is 11.3. The molecule has 1 aromatic heterocycles. The number of nitrogens with zero attached hydrogens (tertiary/aromatic N) is 2. The summed E-state index contributed by atoms with van der Waals surface area (Å²) in [6.07, 6.45) is 5.54. The number of aromatic nitrogens is 1. The van der Waals surface area contributed by atoms with Crippen molar-refractivity contribution in [3.8, 4) is 0 Å². The van der Waals surface area contributed by atoms with E-state index in [1.807, 2.05) is 0 Å². The van der Waals surface area contributed by atoms with Crippen LogP contribution in [-0.2, 0) is 0 Å². The van der Waals surface area contributed by atoms with E-state index in [1.54, 1.807) is 0 Å². The summed E-state index contributed by atoms with van der Waals surface area (Å²) >= 11 is 0. The molecule has 0 atom stereocenters. The van der Waals surface area contributed by atoms with E-state index in [-0.39, 0.29) is 5.56 Å². The van der Waals surface area contributed by atoms with Gasteiger partial charge in [0, 0.05) is 12.6 Å². The van der Waals surface area contributed by atoms with E-state index in [2.05, 4.69) is 17.2 Å². The first-order chi connectivity index (χ1) is 9.47. The van der Waals surface area contributed by atoms with Gasteiger partial charge in [-0.05, 0) is 24.7 Å². The van der Waals surface area contributed by atoms with Crippen LogP contribution in [0.1, 0.15) is 43.0 Å². The normalized spacial score (nSPS) is 15.7. The van der Waals surface area contributed by atoms with Gasteiger partial charge in [0.05, 0.1) is 4.92 Å². The van der Waals surface area contributed by atoms with Gasteiger partial charge >= 0.3 is 11.7 Å². The minimum Gasteiger partial charge on any atom is -0.477 e. The van der Waals surface area contributed by atoms with Gasteiger partial charge in [-0.25, -0.2) is 9.78 Å². The maximum Gasteiger partial charge on any atom is 0.342 e. The molecule has 2 N–H and O–H groups in total. The van der Waals surface area contributed by atoms with Crippen molar-refractivity contribution in [3.63, 3.8) is 0 Å². The number of rotatable bonds is 7. The molecule has 0 saturated heterocycles. The molecular weight excluding hydrogens is 262 g/mol. The fraction of sp³-hybridized carbons (Fsp3) is 0.538. The molecule has 1 aromatic rings. The minimum absolute atomic E-state index is 0.293. The Morgan fingerprint density at radius 3 is 2.80 bits per heavy atom. The van der Waals surface area contributed by atoms with Crippen LogP contribution in [0.15, 0.2) is 12.3 Å². The van der Waals surface area contributed by atoms with Crippen LogP contribution in [0.2, 0.25) is 0 Å². The maximum absolute atomic E-state index is 11.0. The Hall–Kier alpha value is -2.18. The zero-order chi connectivity index (χ0) is 14.8. The number of nitro groups is 1. The van der Waals surface area contributed by atoms with Gasteiger partial charge in [0.25, 0.3) is 0 Å². The molecule has 0 spiro atoms. The average molecular weight is 279 g/mol. The lowest BCUT2D eigenvalue weighted by Gasteiger charge is -2.15. The van der Waals surface area contributed by atoms with Crippen LogP contribution < -0.4 is 5.32 Å². The monoisotopic (exact) mass is 279 g/mol. The molecular formula is C13H17N3O4. The molecule has 7 heteroatoms. The number of pyridine rings is 1. The smallest absolute Gasteiger partial charge is 0.342 e. The van der Waals surface area contributed by atoms with Crippen molar-refractivity contribution >= 4 is 17.5 Å². The van der Waals surface area contributed by atoms with Crippen molar-refractivity contribution in [2.75, 3.05) is 11.9 Å². The molecule has 0 aromatic carbocycles. The van der Waals surface area contributed by atoms with Gasteiger partial charge in [0.15, 0.2) is 0 Å². The minimum atomic E-state index is -1.32. The summed E-state index contributed by atoms with van der Waals surface area (Å²) in [7, 11) is 0. The number of carbonyl (C=O) groups is 1. The zero-order valence-electron chi connectivity index (χ0n) is 11.3. The van der Waals surface area contributed by atoms with Gasteiger partial charge in [0.2, 0.25) is 0 Å². The molecule has 1 heterocycles.